The molecule has 0 saturated heterocycles. The van der Waals surface area contributed by atoms with Crippen LogP contribution in [0.5, 0.6) is 0 Å². The molecule has 73 heavy (non-hydrogen) atoms. The number of benzene rings is 12. The maximum absolute atomic E-state index is 6.86. The summed E-state index contributed by atoms with van der Waals surface area (Å²) in [6.07, 6.45) is 0. The van der Waals surface area contributed by atoms with Crippen LogP contribution in [-0.2, 0) is 0 Å². The van der Waals surface area contributed by atoms with E-state index in [1.807, 2.05) is 24.3 Å². The number of anilines is 6. The Balaban J connectivity index is 0.868. The summed E-state index contributed by atoms with van der Waals surface area (Å²) >= 11 is 0. The third-order valence-corrected chi connectivity index (χ3v) is 14.5. The Morgan fingerprint density at radius 3 is 1.10 bits per heavy atom. The SMILES string of the molecule is c1ccc(-c2cccc(N(c3ccc4cc5c(cc4c3)oc3cc4cc(N(c6cccc(-c7ccccc7)c6)c6cccc7c6oc6ccccc67)ccc4cc35)c3cccc4c3oc3ccccc34)c2)cc1. The van der Waals surface area contributed by atoms with Crippen molar-refractivity contribution in [2.75, 3.05) is 9.80 Å². The van der Waals surface area contributed by atoms with Gasteiger partial charge in [0.05, 0.1) is 11.4 Å². The Kier molecular flexibility index (Phi) is 9.19. The second-order valence-corrected chi connectivity index (χ2v) is 18.9. The van der Waals surface area contributed by atoms with Gasteiger partial charge >= 0.3 is 0 Å². The monoisotopic (exact) mass is 934 g/mol. The van der Waals surface area contributed by atoms with Crippen LogP contribution >= 0.6 is 0 Å². The lowest BCUT2D eigenvalue weighted by Crippen LogP contribution is -2.10. The molecule has 0 spiro atoms. The van der Waals surface area contributed by atoms with Gasteiger partial charge in [-0.1, -0.05) is 158 Å². The standard InChI is InChI=1S/C68H42N2O3/c1-3-15-43(16-4-1)45-19-11-21-51(35-45)69(61-27-13-25-57-55-23-7-9-29-63(55)72-67(57)61)53-33-31-47-39-59-60-40-48-32-34-54(38-50(48)42-66(60)71-65(59)41-49(47)37-53)70(52-22-12-20-46(36-52)44-17-5-2-6-18-44)62-28-14-26-58-56-24-8-10-30-64(56)73-68(58)62/h1-42H. The van der Waals surface area contributed by atoms with Crippen molar-refractivity contribution < 1.29 is 13.3 Å². The first-order chi connectivity index (χ1) is 36.1. The summed E-state index contributed by atoms with van der Waals surface area (Å²) in [5.41, 5.74) is 15.7. The summed E-state index contributed by atoms with van der Waals surface area (Å²) in [6.45, 7) is 0. The largest absolute Gasteiger partial charge is 0.456 e. The van der Waals surface area contributed by atoms with Crippen LogP contribution in [0.2, 0.25) is 0 Å². The van der Waals surface area contributed by atoms with E-state index in [-0.39, 0.29) is 0 Å². The van der Waals surface area contributed by atoms with Crippen LogP contribution in [0.1, 0.15) is 0 Å². The Hall–Kier alpha value is -9.84. The van der Waals surface area contributed by atoms with Gasteiger partial charge in [0.1, 0.15) is 22.3 Å². The number of para-hydroxylation sites is 4. The molecule has 0 atom stereocenters. The molecule has 5 nitrogen and oxygen atoms in total. The van der Waals surface area contributed by atoms with E-state index in [0.29, 0.717) is 0 Å². The quantitative estimate of drug-likeness (QED) is 0.152. The van der Waals surface area contributed by atoms with Gasteiger partial charge in [-0.05, 0) is 141 Å². The Morgan fingerprint density at radius 1 is 0.219 bits per heavy atom. The first kappa shape index (κ1) is 41.0. The molecule has 0 bridgehead atoms. The molecule has 0 amide bonds. The first-order valence-electron chi connectivity index (χ1n) is 24.7. The molecule has 12 aromatic carbocycles. The zero-order valence-electron chi connectivity index (χ0n) is 39.4. The molecule has 3 heterocycles. The van der Waals surface area contributed by atoms with E-state index in [1.165, 1.54) is 0 Å². The predicted molar refractivity (Wildman–Crippen MR) is 304 cm³/mol. The molecular formula is C68H42N2O3. The molecule has 0 aliphatic rings. The molecule has 15 aromatic rings. The molecule has 15 rings (SSSR count). The second-order valence-electron chi connectivity index (χ2n) is 18.9. The molecule has 3 aromatic heterocycles. The van der Waals surface area contributed by atoms with E-state index in [4.69, 9.17) is 13.3 Å². The minimum Gasteiger partial charge on any atom is -0.456 e. The van der Waals surface area contributed by atoms with Gasteiger partial charge in [-0.25, -0.2) is 0 Å². The number of fused-ring (bicyclic) bond motifs is 11. The molecule has 0 radical (unpaired) electrons. The minimum absolute atomic E-state index is 0.836. The summed E-state index contributed by atoms with van der Waals surface area (Å²) in [5.74, 6) is 0. The van der Waals surface area contributed by atoms with Crippen molar-refractivity contribution in [3.63, 3.8) is 0 Å². The number of hydrogen-bond acceptors (Lipinski definition) is 5. The summed E-state index contributed by atoms with van der Waals surface area (Å²) in [7, 11) is 0. The van der Waals surface area contributed by atoms with E-state index in [9.17, 15) is 0 Å². The number of hydrogen-bond donors (Lipinski definition) is 0. The normalized spacial score (nSPS) is 11.8. The van der Waals surface area contributed by atoms with E-state index < -0.39 is 0 Å². The van der Waals surface area contributed by atoms with Crippen LogP contribution in [0, 0.1) is 0 Å². The van der Waals surface area contributed by atoms with Crippen LogP contribution in [0.4, 0.5) is 34.1 Å². The maximum Gasteiger partial charge on any atom is 0.159 e. The maximum atomic E-state index is 6.86. The molecule has 5 heteroatoms. The zero-order chi connectivity index (χ0) is 48.0. The lowest BCUT2D eigenvalue weighted by molar-refractivity contribution is 0.668. The fraction of sp³-hybridized carbons (Fsp3) is 0. The zero-order valence-corrected chi connectivity index (χ0v) is 39.4. The molecule has 0 fully saturated rings. The molecule has 0 aliphatic heterocycles. The molecule has 342 valence electrons. The Labute approximate surface area is 419 Å². The third-order valence-electron chi connectivity index (χ3n) is 14.5. The Bertz CT molecular complexity index is 4350. The van der Waals surface area contributed by atoms with Crippen molar-refractivity contribution in [2.45, 2.75) is 0 Å². The fourth-order valence-corrected chi connectivity index (χ4v) is 11.1. The Morgan fingerprint density at radius 2 is 0.616 bits per heavy atom. The average molecular weight is 935 g/mol. The van der Waals surface area contributed by atoms with Gasteiger partial charge in [0.25, 0.3) is 0 Å². The summed E-state index contributed by atoms with van der Waals surface area (Å²) in [6, 6.07) is 90.4. The highest BCUT2D eigenvalue weighted by Gasteiger charge is 2.23. The smallest absolute Gasteiger partial charge is 0.159 e. The highest BCUT2D eigenvalue weighted by molar-refractivity contribution is 6.16. The topological polar surface area (TPSA) is 45.9 Å². The van der Waals surface area contributed by atoms with Crippen molar-refractivity contribution in [3.8, 4) is 22.3 Å². The van der Waals surface area contributed by atoms with E-state index in [1.54, 1.807) is 0 Å². The van der Waals surface area contributed by atoms with Gasteiger partial charge in [-0.3, -0.25) is 0 Å². The van der Waals surface area contributed by atoms with Gasteiger partial charge in [0.2, 0.25) is 0 Å². The van der Waals surface area contributed by atoms with Crippen molar-refractivity contribution in [1.29, 1.82) is 0 Å². The van der Waals surface area contributed by atoms with Crippen molar-refractivity contribution in [1.82, 2.24) is 0 Å². The highest BCUT2D eigenvalue weighted by atomic mass is 16.3. The van der Waals surface area contributed by atoms with Gasteiger partial charge in [0, 0.05) is 55.1 Å². The predicted octanol–water partition coefficient (Wildman–Crippen LogP) is 20.0. The van der Waals surface area contributed by atoms with Crippen LogP contribution in [0.15, 0.2) is 268 Å². The van der Waals surface area contributed by atoms with Crippen LogP contribution < -0.4 is 9.80 Å². The minimum atomic E-state index is 0.836. The van der Waals surface area contributed by atoms with Crippen LogP contribution in [-0.4, -0.2) is 0 Å². The second kappa shape index (κ2) is 16.4. The molecule has 0 saturated carbocycles. The number of rotatable bonds is 8. The number of furan rings is 3. The van der Waals surface area contributed by atoms with Gasteiger partial charge in [-0.15, -0.1) is 0 Å². The highest BCUT2D eigenvalue weighted by Crippen LogP contribution is 2.47. The van der Waals surface area contributed by atoms with Gasteiger partial charge < -0.3 is 23.1 Å². The van der Waals surface area contributed by atoms with Crippen molar-refractivity contribution in [3.05, 3.63) is 255 Å². The summed E-state index contributed by atoms with van der Waals surface area (Å²) < 4.78 is 20.2. The van der Waals surface area contributed by atoms with E-state index >= 15 is 0 Å². The van der Waals surface area contributed by atoms with Crippen LogP contribution in [0.3, 0.4) is 0 Å². The van der Waals surface area contributed by atoms with Crippen LogP contribution in [0.25, 0.3) is 110 Å². The molecule has 0 aliphatic carbocycles. The average Bonchev–Trinajstić information content (AvgIpc) is 4.14. The van der Waals surface area contributed by atoms with Crippen molar-refractivity contribution in [2.24, 2.45) is 0 Å². The first-order valence-corrected chi connectivity index (χ1v) is 24.7. The van der Waals surface area contributed by atoms with Gasteiger partial charge in [0.15, 0.2) is 11.2 Å². The lowest BCUT2D eigenvalue weighted by Gasteiger charge is -2.26. The number of nitrogens with zero attached hydrogens (tertiary/aromatic N) is 2. The fourth-order valence-electron chi connectivity index (χ4n) is 11.1. The molecular weight excluding hydrogens is 893 g/mol. The van der Waals surface area contributed by atoms with Crippen molar-refractivity contribution >= 4 is 121 Å². The summed E-state index contributed by atoms with van der Waals surface area (Å²) in [5, 5.41) is 10.9. The van der Waals surface area contributed by atoms with E-state index in [2.05, 4.69) is 240 Å². The van der Waals surface area contributed by atoms with Gasteiger partial charge in [-0.2, -0.15) is 0 Å². The summed E-state index contributed by atoms with van der Waals surface area (Å²) in [4.78, 5) is 4.64. The lowest BCUT2D eigenvalue weighted by atomic mass is 10.0. The third kappa shape index (κ3) is 6.78. The van der Waals surface area contributed by atoms with E-state index in [0.717, 1.165) is 144 Å². The molecule has 0 N–H and O–H groups in total. The molecule has 0 unspecified atom stereocenters.